The van der Waals surface area contributed by atoms with Crippen molar-refractivity contribution in [3.8, 4) is 23.0 Å². The number of carbonyl (C=O) groups is 2. The van der Waals surface area contributed by atoms with E-state index >= 15 is 0 Å². The number of halogens is 1. The van der Waals surface area contributed by atoms with Crippen molar-refractivity contribution in [2.45, 2.75) is 13.3 Å². The SMILES string of the molecule is COc1cc2nccc(Oc3ccc(NC(=O)NC(=O)Cc4ccc(C)cc4)c(F)c3)c2cc1OC. The Kier molecular flexibility index (Phi) is 7.29. The number of hydrogen-bond donors (Lipinski definition) is 2. The molecular weight excluding hydrogens is 465 g/mol. The number of pyridine rings is 1. The Bertz CT molecular complexity index is 1420. The number of amides is 3. The standard InChI is InChI=1S/C27H24FN3O5/c1-16-4-6-17(7-5-16)12-26(32)31-27(33)30-21-9-8-18(13-20(21)28)36-23-10-11-29-22-15-25(35-3)24(34-2)14-19(22)23/h4-11,13-15H,12H2,1-3H3,(H2,30,31,32,33). The number of carbonyl (C=O) groups excluding carboxylic acids is 2. The van der Waals surface area contributed by atoms with Crippen LogP contribution in [0.1, 0.15) is 11.1 Å². The maximum Gasteiger partial charge on any atom is 0.325 e. The molecule has 0 bridgehead atoms. The first-order valence-corrected chi connectivity index (χ1v) is 11.0. The first-order valence-electron chi connectivity index (χ1n) is 11.0. The molecule has 0 aliphatic heterocycles. The van der Waals surface area contributed by atoms with E-state index in [0.29, 0.717) is 28.2 Å². The van der Waals surface area contributed by atoms with Gasteiger partial charge in [-0.15, -0.1) is 0 Å². The number of hydrogen-bond acceptors (Lipinski definition) is 6. The highest BCUT2D eigenvalue weighted by Gasteiger charge is 2.14. The number of nitrogens with one attached hydrogen (secondary N) is 2. The molecule has 0 saturated heterocycles. The van der Waals surface area contributed by atoms with Gasteiger partial charge in [0.15, 0.2) is 11.5 Å². The van der Waals surface area contributed by atoms with Crippen LogP contribution < -0.4 is 24.8 Å². The summed E-state index contributed by atoms with van der Waals surface area (Å²) in [6.45, 7) is 1.94. The van der Waals surface area contributed by atoms with Crippen LogP contribution in [0.3, 0.4) is 0 Å². The second-order valence-electron chi connectivity index (χ2n) is 7.94. The minimum atomic E-state index is -0.833. The van der Waals surface area contributed by atoms with Crippen molar-refractivity contribution in [1.82, 2.24) is 10.3 Å². The predicted octanol–water partition coefficient (Wildman–Crippen LogP) is 5.38. The van der Waals surface area contributed by atoms with E-state index < -0.39 is 17.8 Å². The van der Waals surface area contributed by atoms with Gasteiger partial charge in [0.2, 0.25) is 5.91 Å². The van der Waals surface area contributed by atoms with Gasteiger partial charge in [0, 0.05) is 23.7 Å². The molecule has 4 rings (SSSR count). The van der Waals surface area contributed by atoms with Crippen LogP contribution in [0.4, 0.5) is 14.9 Å². The van der Waals surface area contributed by atoms with Crippen LogP contribution in [0, 0.1) is 12.7 Å². The van der Waals surface area contributed by atoms with Crippen molar-refractivity contribution < 1.29 is 28.2 Å². The molecule has 1 heterocycles. The van der Waals surface area contributed by atoms with Crippen LogP contribution >= 0.6 is 0 Å². The predicted molar refractivity (Wildman–Crippen MR) is 133 cm³/mol. The number of benzene rings is 3. The summed E-state index contributed by atoms with van der Waals surface area (Å²) in [5.41, 5.74) is 2.33. The third-order valence-electron chi connectivity index (χ3n) is 5.36. The Morgan fingerprint density at radius 2 is 1.64 bits per heavy atom. The quantitative estimate of drug-likeness (QED) is 0.362. The molecule has 0 aliphatic carbocycles. The lowest BCUT2D eigenvalue weighted by atomic mass is 10.1. The maximum atomic E-state index is 14.7. The maximum absolute atomic E-state index is 14.7. The molecule has 2 N–H and O–H groups in total. The fourth-order valence-electron chi connectivity index (χ4n) is 3.54. The fourth-order valence-corrected chi connectivity index (χ4v) is 3.54. The number of nitrogens with zero attached hydrogens (tertiary/aromatic N) is 1. The van der Waals surface area contributed by atoms with Gasteiger partial charge in [-0.3, -0.25) is 15.1 Å². The van der Waals surface area contributed by atoms with Crippen molar-refractivity contribution in [3.05, 3.63) is 83.8 Å². The van der Waals surface area contributed by atoms with Crippen LogP contribution in [0.2, 0.25) is 0 Å². The molecule has 3 aromatic carbocycles. The van der Waals surface area contributed by atoms with Gasteiger partial charge in [0.1, 0.15) is 17.3 Å². The molecular formula is C27H24FN3O5. The number of rotatable bonds is 7. The average molecular weight is 490 g/mol. The summed E-state index contributed by atoms with van der Waals surface area (Å²) >= 11 is 0. The van der Waals surface area contributed by atoms with Crippen LogP contribution in [-0.4, -0.2) is 31.1 Å². The molecule has 184 valence electrons. The van der Waals surface area contributed by atoms with Gasteiger partial charge in [-0.1, -0.05) is 29.8 Å². The number of methoxy groups -OCH3 is 2. The van der Waals surface area contributed by atoms with Crippen LogP contribution in [0.5, 0.6) is 23.0 Å². The van der Waals surface area contributed by atoms with Gasteiger partial charge >= 0.3 is 6.03 Å². The topological polar surface area (TPSA) is 98.8 Å². The number of urea groups is 1. The van der Waals surface area contributed by atoms with Crippen molar-refractivity contribution in [2.24, 2.45) is 0 Å². The smallest absolute Gasteiger partial charge is 0.325 e. The Hall–Kier alpha value is -4.66. The van der Waals surface area contributed by atoms with Crippen molar-refractivity contribution >= 4 is 28.5 Å². The molecule has 9 heteroatoms. The summed E-state index contributed by atoms with van der Waals surface area (Å²) < 4.78 is 31.2. The summed E-state index contributed by atoms with van der Waals surface area (Å²) in [5.74, 6) is 0.416. The average Bonchev–Trinajstić information content (AvgIpc) is 2.86. The molecule has 0 radical (unpaired) electrons. The van der Waals surface area contributed by atoms with E-state index in [2.05, 4.69) is 15.6 Å². The molecule has 0 unspecified atom stereocenters. The van der Waals surface area contributed by atoms with E-state index in [1.807, 2.05) is 31.2 Å². The second-order valence-corrected chi connectivity index (χ2v) is 7.94. The molecule has 3 amide bonds. The van der Waals surface area contributed by atoms with Gasteiger partial charge in [-0.05, 0) is 36.8 Å². The minimum Gasteiger partial charge on any atom is -0.493 e. The number of ether oxygens (including phenoxy) is 3. The Morgan fingerprint density at radius 3 is 2.33 bits per heavy atom. The summed E-state index contributed by atoms with van der Waals surface area (Å²) in [7, 11) is 3.05. The zero-order valence-corrected chi connectivity index (χ0v) is 19.9. The molecule has 4 aromatic rings. The van der Waals surface area contributed by atoms with E-state index in [4.69, 9.17) is 14.2 Å². The molecule has 0 atom stereocenters. The van der Waals surface area contributed by atoms with Crippen molar-refractivity contribution in [2.75, 3.05) is 19.5 Å². The van der Waals surface area contributed by atoms with E-state index in [9.17, 15) is 14.0 Å². The first kappa shape index (κ1) is 24.5. The fraction of sp³-hybridized carbons (Fsp3) is 0.148. The summed E-state index contributed by atoms with van der Waals surface area (Å²) in [4.78, 5) is 28.6. The van der Waals surface area contributed by atoms with E-state index in [-0.39, 0.29) is 17.9 Å². The number of aryl methyl sites for hydroxylation is 1. The largest absolute Gasteiger partial charge is 0.493 e. The lowest BCUT2D eigenvalue weighted by molar-refractivity contribution is -0.119. The van der Waals surface area contributed by atoms with Gasteiger partial charge in [-0.2, -0.15) is 0 Å². The lowest BCUT2D eigenvalue weighted by Crippen LogP contribution is -2.35. The van der Waals surface area contributed by atoms with Gasteiger partial charge in [0.25, 0.3) is 0 Å². The number of anilines is 1. The number of aromatic nitrogens is 1. The van der Waals surface area contributed by atoms with Crippen LogP contribution in [0.25, 0.3) is 10.9 Å². The monoisotopic (exact) mass is 489 g/mol. The molecule has 0 fully saturated rings. The van der Waals surface area contributed by atoms with Crippen LogP contribution in [0.15, 0.2) is 66.9 Å². The van der Waals surface area contributed by atoms with Crippen LogP contribution in [-0.2, 0) is 11.2 Å². The lowest BCUT2D eigenvalue weighted by Gasteiger charge is -2.13. The third-order valence-corrected chi connectivity index (χ3v) is 5.36. The third kappa shape index (κ3) is 5.69. The number of fused-ring (bicyclic) bond motifs is 1. The molecule has 36 heavy (non-hydrogen) atoms. The van der Waals surface area contributed by atoms with E-state index in [0.717, 1.165) is 17.2 Å². The summed E-state index contributed by atoms with van der Waals surface area (Å²) in [5, 5.41) is 5.18. The normalized spacial score (nSPS) is 10.6. The molecule has 0 aliphatic rings. The van der Waals surface area contributed by atoms with Gasteiger partial charge in [0.05, 0.1) is 31.8 Å². The Morgan fingerprint density at radius 1 is 0.917 bits per heavy atom. The Balaban J connectivity index is 1.44. The Labute approximate surface area is 207 Å². The number of imide groups is 1. The highest BCUT2D eigenvalue weighted by Crippen LogP contribution is 2.37. The minimum absolute atomic E-state index is 0.0273. The first-order chi connectivity index (χ1) is 17.4. The van der Waals surface area contributed by atoms with Gasteiger partial charge in [-0.25, -0.2) is 9.18 Å². The summed E-state index contributed by atoms with van der Waals surface area (Å²) in [6.07, 6.45) is 1.59. The highest BCUT2D eigenvalue weighted by atomic mass is 19.1. The zero-order valence-electron chi connectivity index (χ0n) is 19.9. The van der Waals surface area contributed by atoms with Crippen molar-refractivity contribution in [1.29, 1.82) is 0 Å². The van der Waals surface area contributed by atoms with E-state index in [1.165, 1.54) is 26.4 Å². The zero-order chi connectivity index (χ0) is 25.7. The highest BCUT2D eigenvalue weighted by molar-refractivity contribution is 6.01. The van der Waals surface area contributed by atoms with Gasteiger partial charge < -0.3 is 19.5 Å². The second kappa shape index (κ2) is 10.7. The van der Waals surface area contributed by atoms with E-state index in [1.54, 1.807) is 24.4 Å². The molecule has 0 saturated carbocycles. The molecule has 0 spiro atoms. The molecule has 8 nitrogen and oxygen atoms in total. The molecule has 1 aromatic heterocycles. The van der Waals surface area contributed by atoms with Crippen molar-refractivity contribution in [3.63, 3.8) is 0 Å². The summed E-state index contributed by atoms with van der Waals surface area (Å²) in [6, 6.07) is 15.6.